The second-order valence-corrected chi connectivity index (χ2v) is 4.40. The van der Waals surface area contributed by atoms with Gasteiger partial charge >= 0.3 is 0 Å². The number of nitrogens with zero attached hydrogens (tertiary/aromatic N) is 4. The first kappa shape index (κ1) is 13.2. The number of halogens is 1. The van der Waals surface area contributed by atoms with Crippen LogP contribution < -0.4 is 0 Å². The van der Waals surface area contributed by atoms with Crippen LogP contribution in [0.5, 0.6) is 0 Å². The maximum atomic E-state index is 9.27. The van der Waals surface area contributed by atoms with E-state index < -0.39 is 0 Å². The summed E-state index contributed by atoms with van der Waals surface area (Å²) in [6.07, 6.45) is 0. The molecule has 1 aromatic rings. The van der Waals surface area contributed by atoms with E-state index in [0.29, 0.717) is 0 Å². The molecule has 4 nitrogen and oxygen atoms in total. The van der Waals surface area contributed by atoms with Crippen molar-refractivity contribution in [3.63, 3.8) is 0 Å². The van der Waals surface area contributed by atoms with Crippen molar-refractivity contribution in [3.05, 3.63) is 16.1 Å². The van der Waals surface area contributed by atoms with Gasteiger partial charge in [-0.05, 0) is 35.9 Å². The lowest BCUT2D eigenvalue weighted by atomic mass is 10.2. The summed E-state index contributed by atoms with van der Waals surface area (Å²) in [7, 11) is 1.94. The lowest BCUT2D eigenvalue weighted by Crippen LogP contribution is -2.28. The highest BCUT2D eigenvalue weighted by Gasteiger charge is 2.24. The van der Waals surface area contributed by atoms with Crippen molar-refractivity contribution in [1.82, 2.24) is 14.5 Å². The Morgan fingerprint density at radius 2 is 2.06 bits per heavy atom. The molecule has 88 valence electrons. The summed E-state index contributed by atoms with van der Waals surface area (Å²) < 4.78 is 2.84. The van der Waals surface area contributed by atoms with Gasteiger partial charge in [0.05, 0.1) is 6.07 Å². The fraction of sp³-hybridized carbons (Fsp3) is 0.636. The minimum atomic E-state index is -0.274. The average molecular weight is 285 g/mol. The predicted molar refractivity (Wildman–Crippen MR) is 66.9 cm³/mol. The molecule has 0 aliphatic heterocycles. The zero-order valence-electron chi connectivity index (χ0n) is 10.2. The monoisotopic (exact) mass is 284 g/mol. The summed E-state index contributed by atoms with van der Waals surface area (Å²) in [6.45, 7) is 7.73. The number of nitriles is 1. The third-order valence-corrected chi connectivity index (χ3v) is 3.77. The average Bonchev–Trinajstić information content (AvgIpc) is 2.53. The van der Waals surface area contributed by atoms with E-state index in [1.54, 1.807) is 0 Å². The molecule has 0 amide bonds. The predicted octanol–water partition coefficient (Wildman–Crippen LogP) is 2.40. The second-order valence-electron chi connectivity index (χ2n) is 3.65. The SMILES string of the molecule is CCN(CC)C(C#N)c1nc(C)n(C)c1Br. The summed E-state index contributed by atoms with van der Waals surface area (Å²) >= 11 is 3.49. The highest BCUT2D eigenvalue weighted by molar-refractivity contribution is 9.10. The van der Waals surface area contributed by atoms with Gasteiger partial charge in [0.2, 0.25) is 0 Å². The summed E-state index contributed by atoms with van der Waals surface area (Å²) in [5.41, 5.74) is 0.811. The van der Waals surface area contributed by atoms with Gasteiger partial charge in [0, 0.05) is 7.05 Å². The molecule has 16 heavy (non-hydrogen) atoms. The van der Waals surface area contributed by atoms with Crippen LogP contribution in [0, 0.1) is 18.3 Å². The Labute approximate surface area is 105 Å². The third-order valence-electron chi connectivity index (χ3n) is 2.83. The molecule has 0 N–H and O–H groups in total. The van der Waals surface area contributed by atoms with E-state index in [-0.39, 0.29) is 6.04 Å². The van der Waals surface area contributed by atoms with E-state index in [2.05, 4.69) is 45.7 Å². The number of hydrogen-bond donors (Lipinski definition) is 0. The molecule has 1 rings (SSSR count). The largest absolute Gasteiger partial charge is 0.326 e. The quantitative estimate of drug-likeness (QED) is 0.853. The van der Waals surface area contributed by atoms with Crippen LogP contribution in [0.1, 0.15) is 31.4 Å². The Morgan fingerprint density at radius 3 is 2.38 bits per heavy atom. The summed E-state index contributed by atoms with van der Waals surface area (Å²) in [5, 5.41) is 9.27. The Bertz CT molecular complexity index is 401. The molecule has 0 bridgehead atoms. The first-order valence-electron chi connectivity index (χ1n) is 5.39. The highest BCUT2D eigenvalue weighted by atomic mass is 79.9. The van der Waals surface area contributed by atoms with Crippen LogP contribution in [0.4, 0.5) is 0 Å². The number of rotatable bonds is 4. The van der Waals surface area contributed by atoms with Crippen molar-refractivity contribution >= 4 is 15.9 Å². The first-order valence-corrected chi connectivity index (χ1v) is 6.18. The Balaban J connectivity index is 3.14. The molecule has 0 aliphatic rings. The molecule has 1 heterocycles. The number of imidazole rings is 1. The fourth-order valence-corrected chi connectivity index (χ4v) is 2.25. The molecule has 0 aliphatic carbocycles. The molecule has 0 saturated carbocycles. The van der Waals surface area contributed by atoms with E-state index in [1.165, 1.54) is 0 Å². The second kappa shape index (κ2) is 5.46. The Hall–Kier alpha value is -0.860. The lowest BCUT2D eigenvalue weighted by Gasteiger charge is -2.22. The molecule has 1 unspecified atom stereocenters. The molecule has 1 atom stereocenters. The van der Waals surface area contributed by atoms with Gasteiger partial charge in [-0.15, -0.1) is 0 Å². The Morgan fingerprint density at radius 1 is 1.50 bits per heavy atom. The smallest absolute Gasteiger partial charge is 0.143 e. The number of aromatic nitrogens is 2. The van der Waals surface area contributed by atoms with Gasteiger partial charge < -0.3 is 4.57 Å². The maximum Gasteiger partial charge on any atom is 0.143 e. The topological polar surface area (TPSA) is 44.9 Å². The van der Waals surface area contributed by atoms with Gasteiger partial charge in [-0.1, -0.05) is 13.8 Å². The van der Waals surface area contributed by atoms with Crippen molar-refractivity contribution in [2.24, 2.45) is 7.05 Å². The molecule has 0 spiro atoms. The Kier molecular flexibility index (Phi) is 4.51. The van der Waals surface area contributed by atoms with Crippen molar-refractivity contribution in [1.29, 1.82) is 5.26 Å². The van der Waals surface area contributed by atoms with Gasteiger partial charge in [-0.2, -0.15) is 5.26 Å². The van der Waals surface area contributed by atoms with Crippen LogP contribution in [0.2, 0.25) is 0 Å². The minimum absolute atomic E-state index is 0.274. The van der Waals surface area contributed by atoms with Crippen LogP contribution >= 0.6 is 15.9 Å². The van der Waals surface area contributed by atoms with Gasteiger partial charge in [0.25, 0.3) is 0 Å². The molecule has 0 saturated heterocycles. The number of hydrogen-bond acceptors (Lipinski definition) is 3. The van der Waals surface area contributed by atoms with Crippen molar-refractivity contribution < 1.29 is 0 Å². The molecule has 0 radical (unpaired) electrons. The van der Waals surface area contributed by atoms with E-state index in [4.69, 9.17) is 0 Å². The molecule has 5 heteroatoms. The molecule has 1 aromatic heterocycles. The standard InChI is InChI=1S/C11H17BrN4/c1-5-16(6-2)9(7-13)10-11(12)15(4)8(3)14-10/h9H,5-6H2,1-4H3. The maximum absolute atomic E-state index is 9.27. The molecule has 0 fully saturated rings. The normalized spacial score (nSPS) is 12.8. The highest BCUT2D eigenvalue weighted by Crippen LogP contribution is 2.27. The van der Waals surface area contributed by atoms with E-state index in [9.17, 15) is 5.26 Å². The van der Waals surface area contributed by atoms with Gasteiger partial charge in [-0.3, -0.25) is 4.90 Å². The molecule has 0 aromatic carbocycles. The van der Waals surface area contributed by atoms with E-state index in [1.807, 2.05) is 18.5 Å². The van der Waals surface area contributed by atoms with Crippen LogP contribution in [0.25, 0.3) is 0 Å². The first-order chi connectivity index (χ1) is 7.56. The zero-order chi connectivity index (χ0) is 12.3. The minimum Gasteiger partial charge on any atom is -0.326 e. The van der Waals surface area contributed by atoms with Crippen LogP contribution in [0.3, 0.4) is 0 Å². The van der Waals surface area contributed by atoms with Gasteiger partial charge in [0.1, 0.15) is 22.2 Å². The number of aryl methyl sites for hydroxylation is 1. The van der Waals surface area contributed by atoms with Crippen LogP contribution in [0.15, 0.2) is 4.60 Å². The van der Waals surface area contributed by atoms with Crippen molar-refractivity contribution in [2.75, 3.05) is 13.1 Å². The van der Waals surface area contributed by atoms with E-state index in [0.717, 1.165) is 29.2 Å². The summed E-state index contributed by atoms with van der Waals surface area (Å²) in [6, 6.07) is 2.05. The van der Waals surface area contributed by atoms with Crippen LogP contribution in [-0.4, -0.2) is 27.5 Å². The summed E-state index contributed by atoms with van der Waals surface area (Å²) in [5.74, 6) is 0.911. The zero-order valence-corrected chi connectivity index (χ0v) is 11.7. The van der Waals surface area contributed by atoms with Gasteiger partial charge in [-0.25, -0.2) is 4.98 Å². The van der Waals surface area contributed by atoms with Crippen molar-refractivity contribution in [3.8, 4) is 6.07 Å². The third kappa shape index (κ3) is 2.28. The van der Waals surface area contributed by atoms with Crippen LogP contribution in [-0.2, 0) is 7.05 Å². The lowest BCUT2D eigenvalue weighted by molar-refractivity contribution is 0.258. The van der Waals surface area contributed by atoms with Gasteiger partial charge in [0.15, 0.2) is 0 Å². The van der Waals surface area contributed by atoms with E-state index >= 15 is 0 Å². The van der Waals surface area contributed by atoms with Crippen molar-refractivity contribution in [2.45, 2.75) is 26.8 Å². The summed E-state index contributed by atoms with van der Waals surface area (Å²) in [4.78, 5) is 6.54. The molecular weight excluding hydrogens is 268 g/mol. The molecular formula is C11H17BrN4. The fourth-order valence-electron chi connectivity index (χ4n) is 1.69.